The molecule has 6 rings (SSSR count). The van der Waals surface area contributed by atoms with Gasteiger partial charge in [-0.1, -0.05) is 11.6 Å². The second-order valence-corrected chi connectivity index (χ2v) is 11.8. The van der Waals surface area contributed by atoms with Crippen LogP contribution < -0.4 is 26.1 Å². The minimum Gasteiger partial charge on any atom is -0.462 e. The molecule has 3 saturated heterocycles. The summed E-state index contributed by atoms with van der Waals surface area (Å²) in [6, 6.07) is 1.86. The third-order valence-corrected chi connectivity index (χ3v) is 8.96. The topological polar surface area (TPSA) is 67.8 Å². The zero-order valence-corrected chi connectivity index (χ0v) is 22.2. The van der Waals surface area contributed by atoms with Gasteiger partial charge in [-0.3, -0.25) is 9.89 Å². The van der Waals surface area contributed by atoms with Gasteiger partial charge in [0.05, 0.1) is 38.5 Å². The second-order valence-electron chi connectivity index (χ2n) is 11.5. The van der Waals surface area contributed by atoms with Crippen molar-refractivity contribution in [2.24, 2.45) is 4.99 Å². The first-order valence-corrected chi connectivity index (χ1v) is 13.0. The van der Waals surface area contributed by atoms with Crippen LogP contribution in [-0.2, 0) is 14.0 Å². The van der Waals surface area contributed by atoms with Gasteiger partial charge in [0.25, 0.3) is 0 Å². The van der Waals surface area contributed by atoms with E-state index in [1.54, 1.807) is 6.20 Å². The highest BCUT2D eigenvalue weighted by Crippen LogP contribution is 2.41. The second kappa shape index (κ2) is 8.25. The predicted molar refractivity (Wildman–Crippen MR) is 135 cm³/mol. The summed E-state index contributed by atoms with van der Waals surface area (Å²) in [6.07, 6.45) is 3.47. The molecule has 0 amide bonds. The van der Waals surface area contributed by atoms with Crippen LogP contribution in [0.15, 0.2) is 23.2 Å². The van der Waals surface area contributed by atoms with Crippen LogP contribution in [0.5, 0.6) is 5.75 Å². The Bertz CT molecular complexity index is 1240. The molecule has 3 fully saturated rings. The molecule has 2 atom stereocenters. The molecule has 5 aliphatic heterocycles. The number of hydrogen-bond donors (Lipinski definition) is 1. The van der Waals surface area contributed by atoms with Crippen molar-refractivity contribution in [2.45, 2.75) is 69.9 Å². The lowest BCUT2D eigenvalue weighted by Gasteiger charge is -2.32. The minimum atomic E-state index is -0.812. The molecule has 5 aliphatic rings. The largest absolute Gasteiger partial charge is 0.496 e. The van der Waals surface area contributed by atoms with Crippen LogP contribution in [0.2, 0.25) is 5.02 Å². The van der Waals surface area contributed by atoms with E-state index >= 15 is 0 Å². The van der Waals surface area contributed by atoms with Gasteiger partial charge in [0.15, 0.2) is 0 Å². The molecular formula is C25H33BClFN4O4. The first-order chi connectivity index (χ1) is 17.0. The van der Waals surface area contributed by atoms with E-state index in [0.29, 0.717) is 53.8 Å². The Labute approximate surface area is 216 Å². The number of halogens is 2. The number of fused-ring (bicyclic) bond motifs is 1. The third-order valence-electron chi connectivity index (χ3n) is 8.57. The maximum absolute atomic E-state index is 14.3. The van der Waals surface area contributed by atoms with Gasteiger partial charge in [-0.15, -0.1) is 0 Å². The minimum absolute atomic E-state index is 0.273. The monoisotopic (exact) mass is 518 g/mol. The molecule has 0 bridgehead atoms. The van der Waals surface area contributed by atoms with Gasteiger partial charge < -0.3 is 29.0 Å². The Kier molecular flexibility index (Phi) is 5.58. The van der Waals surface area contributed by atoms with E-state index < -0.39 is 24.5 Å². The van der Waals surface area contributed by atoms with Crippen LogP contribution in [0, 0.1) is 0 Å². The van der Waals surface area contributed by atoms with Crippen LogP contribution in [0.1, 0.15) is 47.0 Å². The zero-order chi connectivity index (χ0) is 25.5. The summed E-state index contributed by atoms with van der Waals surface area (Å²) in [4.78, 5) is 8.80. The Morgan fingerprint density at radius 2 is 2.03 bits per heavy atom. The average molecular weight is 519 g/mol. The molecule has 0 radical (unpaired) electrons. The molecule has 0 spiro atoms. The fraction of sp³-hybridized carbons (Fsp3) is 0.640. The van der Waals surface area contributed by atoms with E-state index in [2.05, 4.69) is 15.2 Å². The van der Waals surface area contributed by atoms with Gasteiger partial charge in [-0.05, 0) is 53.1 Å². The highest BCUT2D eigenvalue weighted by atomic mass is 35.5. The normalized spacial score (nSPS) is 30.1. The number of alkyl halides is 1. The summed E-state index contributed by atoms with van der Waals surface area (Å²) in [6.45, 7) is 10.2. The predicted octanol–water partition coefficient (Wildman–Crippen LogP) is 1.60. The van der Waals surface area contributed by atoms with Crippen molar-refractivity contribution >= 4 is 30.0 Å². The van der Waals surface area contributed by atoms with Crippen molar-refractivity contribution in [3.63, 3.8) is 0 Å². The molecule has 5 heterocycles. The Balaban J connectivity index is 1.35. The quantitative estimate of drug-likeness (QED) is 0.608. The molecule has 8 nitrogen and oxygen atoms in total. The zero-order valence-electron chi connectivity index (χ0n) is 21.5. The fourth-order valence-electron chi connectivity index (χ4n) is 5.90. The lowest BCUT2D eigenvalue weighted by atomic mass is 9.78. The van der Waals surface area contributed by atoms with Crippen LogP contribution in [0.25, 0.3) is 5.82 Å². The van der Waals surface area contributed by atoms with E-state index in [4.69, 9.17) is 30.4 Å². The number of nitrogens with zero attached hydrogens (tertiary/aromatic N) is 3. The highest BCUT2D eigenvalue weighted by molar-refractivity contribution is 6.65. The first-order valence-electron chi connectivity index (χ1n) is 12.6. The number of rotatable bonds is 4. The number of hydrogen-bond acceptors (Lipinski definition) is 8. The Morgan fingerprint density at radius 3 is 2.78 bits per heavy atom. The lowest BCUT2D eigenvalue weighted by Crippen LogP contribution is -2.47. The van der Waals surface area contributed by atoms with Crippen molar-refractivity contribution in [1.29, 1.82) is 0 Å². The summed E-state index contributed by atoms with van der Waals surface area (Å²) < 4.78 is 39.5. The standard InChI is InChI=1S/C25H33BClFN4O4/c1-23(2)24(3,4)36-26(35-23)16-9-17-19-21(20(16)27)29-14-30-22(19)31(5)12-18(34-17)33-13-25-7-6-8-32(25)11-15(28)10-25/h9,12,15,30H,6-8,10-11,13-14H2,1-5H3/t15-,25+/m1/s1. The summed E-state index contributed by atoms with van der Waals surface area (Å²) in [5.41, 5.74) is -0.643. The van der Waals surface area contributed by atoms with Gasteiger partial charge in [0.1, 0.15) is 31.0 Å². The third kappa shape index (κ3) is 3.71. The van der Waals surface area contributed by atoms with Crippen molar-refractivity contribution in [3.05, 3.63) is 33.8 Å². The maximum atomic E-state index is 14.3. The molecule has 36 heavy (non-hydrogen) atoms. The van der Waals surface area contributed by atoms with Crippen molar-refractivity contribution in [1.82, 2.24) is 15.1 Å². The summed E-state index contributed by atoms with van der Waals surface area (Å²) in [7, 11) is 1.25. The van der Waals surface area contributed by atoms with Gasteiger partial charge in [0, 0.05) is 25.5 Å². The molecule has 0 saturated carbocycles. The molecule has 1 aromatic rings. The summed E-state index contributed by atoms with van der Waals surface area (Å²) >= 11 is 6.91. The van der Waals surface area contributed by atoms with Gasteiger partial charge >= 0.3 is 13.1 Å². The maximum Gasteiger partial charge on any atom is 0.496 e. The molecule has 0 aliphatic carbocycles. The Hall–Kier alpha value is -2.01. The van der Waals surface area contributed by atoms with Gasteiger partial charge in [0.2, 0.25) is 0 Å². The molecule has 194 valence electrons. The summed E-state index contributed by atoms with van der Waals surface area (Å²) in [5, 5.41) is 5.19. The fourth-order valence-corrected chi connectivity index (χ4v) is 6.20. The number of benzene rings is 1. The number of nitrogens with one attached hydrogen (secondary N) is 1. The van der Waals surface area contributed by atoms with Crippen LogP contribution in [-0.4, -0.2) is 73.2 Å². The molecule has 1 N–H and O–H groups in total. The molecule has 1 aromatic carbocycles. The van der Waals surface area contributed by atoms with Crippen molar-refractivity contribution < 1.29 is 23.2 Å². The lowest BCUT2D eigenvalue weighted by molar-refractivity contribution is 0.00578. The smallest absolute Gasteiger partial charge is 0.462 e. The van der Waals surface area contributed by atoms with E-state index in [0.717, 1.165) is 30.4 Å². The van der Waals surface area contributed by atoms with Crippen LogP contribution in [0.3, 0.4) is 0 Å². The first kappa shape index (κ1) is 24.3. The summed E-state index contributed by atoms with van der Waals surface area (Å²) in [5.74, 6) is 1.71. The molecule has 11 heteroatoms. The highest BCUT2D eigenvalue weighted by Gasteiger charge is 2.53. The van der Waals surface area contributed by atoms with E-state index in [9.17, 15) is 4.39 Å². The van der Waals surface area contributed by atoms with Crippen molar-refractivity contribution in [2.75, 3.05) is 33.4 Å². The van der Waals surface area contributed by atoms with Crippen LogP contribution in [0.4, 0.5) is 4.39 Å². The number of ether oxygens (including phenoxy) is 2. The van der Waals surface area contributed by atoms with E-state index in [-0.39, 0.29) is 5.54 Å². The van der Waals surface area contributed by atoms with E-state index in [1.165, 1.54) is 0 Å². The van der Waals surface area contributed by atoms with Gasteiger partial charge in [-0.2, -0.15) is 0 Å². The Morgan fingerprint density at radius 1 is 1.28 bits per heavy atom. The molecule has 0 aromatic heterocycles. The SMILES string of the molecule is CN1C=C(OC[C@@]23CCCN2C[C@H](F)C3)Oc2cc(B3OC(C)(C)C(C)(C)O3)c(Cl)c3c2=C1NCN=3. The van der Waals surface area contributed by atoms with E-state index in [1.807, 2.05) is 45.7 Å². The molecular weight excluding hydrogens is 486 g/mol. The molecule has 0 unspecified atom stereocenters. The average Bonchev–Trinajstić information content (AvgIpc) is 3.36. The van der Waals surface area contributed by atoms with Gasteiger partial charge in [-0.25, -0.2) is 4.39 Å². The van der Waals surface area contributed by atoms with Crippen LogP contribution >= 0.6 is 11.6 Å². The van der Waals surface area contributed by atoms with Crippen molar-refractivity contribution in [3.8, 4) is 5.75 Å².